The molecule has 5 nitrogen and oxygen atoms in total. The number of ether oxygens (including phenoxy) is 2. The molecule has 0 aliphatic carbocycles. The molecule has 1 saturated heterocycles. The van der Waals surface area contributed by atoms with Crippen molar-refractivity contribution in [3.8, 4) is 11.5 Å². The lowest BCUT2D eigenvalue weighted by Crippen LogP contribution is -2.37. The number of amides is 1. The summed E-state index contributed by atoms with van der Waals surface area (Å²) < 4.78 is 11.5. The van der Waals surface area contributed by atoms with Crippen LogP contribution in [0.5, 0.6) is 11.5 Å². The van der Waals surface area contributed by atoms with Gasteiger partial charge in [-0.3, -0.25) is 4.79 Å². The van der Waals surface area contributed by atoms with Crippen molar-refractivity contribution in [3.05, 3.63) is 21.3 Å². The fraction of sp³-hybridized carbons (Fsp3) is 0.500. The van der Waals surface area contributed by atoms with Gasteiger partial charge in [-0.25, -0.2) is 0 Å². The Morgan fingerprint density at radius 2 is 2.25 bits per heavy atom. The van der Waals surface area contributed by atoms with E-state index in [-0.39, 0.29) is 5.91 Å². The Hall–Kier alpha value is -1.02. The van der Waals surface area contributed by atoms with Crippen molar-refractivity contribution < 1.29 is 14.3 Å². The zero-order valence-electron chi connectivity index (χ0n) is 11.7. The summed E-state index contributed by atoms with van der Waals surface area (Å²) in [5, 5.41) is 6.31. The van der Waals surface area contributed by atoms with Gasteiger partial charge in [-0.2, -0.15) is 0 Å². The zero-order valence-corrected chi connectivity index (χ0v) is 13.8. The summed E-state index contributed by atoms with van der Waals surface area (Å²) in [6.45, 7) is 1.66. The third kappa shape index (κ3) is 3.54. The molecule has 1 heterocycles. The highest BCUT2D eigenvalue weighted by Gasteiger charge is 2.20. The highest BCUT2D eigenvalue weighted by Crippen LogP contribution is 2.33. The Bertz CT molecular complexity index is 488. The quantitative estimate of drug-likeness (QED) is 0.753. The molecule has 0 aromatic heterocycles. The fourth-order valence-corrected chi connectivity index (χ4v) is 2.94. The predicted octanol–water partition coefficient (Wildman–Crippen LogP) is 1.79. The molecule has 110 valence electrons. The van der Waals surface area contributed by atoms with Gasteiger partial charge < -0.3 is 20.1 Å². The molecule has 2 N–H and O–H groups in total. The maximum Gasteiger partial charge on any atom is 0.255 e. The summed E-state index contributed by atoms with van der Waals surface area (Å²) in [5.41, 5.74) is 0.509. The molecule has 0 bridgehead atoms. The van der Waals surface area contributed by atoms with Crippen molar-refractivity contribution >= 4 is 28.5 Å². The second kappa shape index (κ2) is 7.12. The Balaban J connectivity index is 2.13. The second-order valence-corrected chi connectivity index (χ2v) is 5.94. The molecule has 20 heavy (non-hydrogen) atoms. The Kier molecular flexibility index (Phi) is 5.47. The Labute approximate surface area is 132 Å². The van der Waals surface area contributed by atoms with Gasteiger partial charge in [0, 0.05) is 16.2 Å². The van der Waals surface area contributed by atoms with Gasteiger partial charge in [-0.15, -0.1) is 0 Å². The van der Waals surface area contributed by atoms with E-state index in [1.54, 1.807) is 20.3 Å². The van der Waals surface area contributed by atoms with Crippen LogP contribution in [0.15, 0.2) is 12.1 Å². The number of nitrogens with one attached hydrogen (secondary N) is 2. The first-order chi connectivity index (χ1) is 9.65. The van der Waals surface area contributed by atoms with Crippen LogP contribution >= 0.6 is 22.6 Å². The summed E-state index contributed by atoms with van der Waals surface area (Å²) >= 11 is 2.16. The first kappa shape index (κ1) is 15.4. The monoisotopic (exact) mass is 390 g/mol. The standard InChI is InChI=1S/C14H19IN2O3/c1-19-12-7-9(15)6-11(13(12)20-2)14(18)17-8-10-4-3-5-16-10/h6-7,10,16H,3-5,8H2,1-2H3,(H,17,18). The topological polar surface area (TPSA) is 59.6 Å². The van der Waals surface area contributed by atoms with Crippen molar-refractivity contribution in [3.63, 3.8) is 0 Å². The average molecular weight is 390 g/mol. The van der Waals surface area contributed by atoms with E-state index in [0.29, 0.717) is 29.6 Å². The lowest BCUT2D eigenvalue weighted by atomic mass is 10.1. The molecule has 1 aromatic rings. The summed E-state index contributed by atoms with van der Waals surface area (Å²) in [7, 11) is 3.11. The molecule has 1 amide bonds. The summed E-state index contributed by atoms with van der Waals surface area (Å²) in [6.07, 6.45) is 2.27. The number of halogens is 1. The van der Waals surface area contributed by atoms with Gasteiger partial charge in [0.25, 0.3) is 5.91 Å². The van der Waals surface area contributed by atoms with E-state index >= 15 is 0 Å². The lowest BCUT2D eigenvalue weighted by Gasteiger charge is -2.15. The molecule has 1 fully saturated rings. The Morgan fingerprint density at radius 3 is 2.85 bits per heavy atom. The molecule has 1 aromatic carbocycles. The van der Waals surface area contributed by atoms with Crippen molar-refractivity contribution in [1.82, 2.24) is 10.6 Å². The second-order valence-electron chi connectivity index (χ2n) is 4.69. The number of hydrogen-bond donors (Lipinski definition) is 2. The van der Waals surface area contributed by atoms with Crippen LogP contribution in [-0.2, 0) is 0 Å². The number of carbonyl (C=O) groups is 1. The van der Waals surface area contributed by atoms with E-state index in [4.69, 9.17) is 9.47 Å². The fourth-order valence-electron chi connectivity index (χ4n) is 2.34. The minimum atomic E-state index is -0.132. The van der Waals surface area contributed by atoms with Crippen LogP contribution in [0, 0.1) is 3.57 Å². The summed E-state index contributed by atoms with van der Waals surface area (Å²) in [4.78, 5) is 12.3. The number of rotatable bonds is 5. The summed E-state index contributed by atoms with van der Waals surface area (Å²) in [5.74, 6) is 0.917. The van der Waals surface area contributed by atoms with Crippen LogP contribution in [0.4, 0.5) is 0 Å². The predicted molar refractivity (Wildman–Crippen MR) is 85.6 cm³/mol. The maximum absolute atomic E-state index is 12.3. The number of carbonyl (C=O) groups excluding carboxylic acids is 1. The van der Waals surface area contributed by atoms with E-state index in [1.807, 2.05) is 6.07 Å². The molecular formula is C14H19IN2O3. The molecule has 0 spiro atoms. The van der Waals surface area contributed by atoms with Gasteiger partial charge in [0.05, 0.1) is 19.8 Å². The molecule has 1 aliphatic heterocycles. The molecule has 1 aliphatic rings. The third-order valence-electron chi connectivity index (χ3n) is 3.36. The van der Waals surface area contributed by atoms with Crippen LogP contribution in [-0.4, -0.2) is 39.3 Å². The van der Waals surface area contributed by atoms with Crippen molar-refractivity contribution in [2.75, 3.05) is 27.3 Å². The molecule has 0 radical (unpaired) electrons. The molecule has 2 rings (SSSR count). The Morgan fingerprint density at radius 1 is 1.45 bits per heavy atom. The normalized spacial score (nSPS) is 17.9. The van der Waals surface area contributed by atoms with Crippen LogP contribution in [0.3, 0.4) is 0 Å². The van der Waals surface area contributed by atoms with E-state index in [0.717, 1.165) is 16.5 Å². The zero-order chi connectivity index (χ0) is 14.5. The van der Waals surface area contributed by atoms with Crippen LogP contribution in [0.1, 0.15) is 23.2 Å². The SMILES string of the molecule is COc1cc(I)cc(C(=O)NCC2CCCN2)c1OC. The van der Waals surface area contributed by atoms with Gasteiger partial charge in [0.2, 0.25) is 0 Å². The van der Waals surface area contributed by atoms with Gasteiger partial charge in [-0.05, 0) is 54.1 Å². The molecule has 1 atom stereocenters. The van der Waals surface area contributed by atoms with Crippen molar-refractivity contribution in [2.45, 2.75) is 18.9 Å². The van der Waals surface area contributed by atoms with E-state index in [2.05, 4.69) is 33.2 Å². The maximum atomic E-state index is 12.3. The van der Waals surface area contributed by atoms with Gasteiger partial charge in [0.15, 0.2) is 11.5 Å². The van der Waals surface area contributed by atoms with Crippen molar-refractivity contribution in [1.29, 1.82) is 0 Å². The largest absolute Gasteiger partial charge is 0.493 e. The average Bonchev–Trinajstić information content (AvgIpc) is 2.96. The van der Waals surface area contributed by atoms with E-state index in [9.17, 15) is 4.79 Å². The molecule has 1 unspecified atom stereocenters. The van der Waals surface area contributed by atoms with E-state index in [1.165, 1.54) is 6.42 Å². The first-order valence-electron chi connectivity index (χ1n) is 6.58. The minimum absolute atomic E-state index is 0.132. The minimum Gasteiger partial charge on any atom is -0.493 e. The van der Waals surface area contributed by atoms with Gasteiger partial charge in [-0.1, -0.05) is 0 Å². The molecular weight excluding hydrogens is 371 g/mol. The highest BCUT2D eigenvalue weighted by atomic mass is 127. The third-order valence-corrected chi connectivity index (χ3v) is 3.98. The van der Waals surface area contributed by atoms with Crippen molar-refractivity contribution in [2.24, 2.45) is 0 Å². The lowest BCUT2D eigenvalue weighted by molar-refractivity contribution is 0.0946. The number of benzene rings is 1. The van der Waals surface area contributed by atoms with Gasteiger partial charge in [0.1, 0.15) is 0 Å². The summed E-state index contributed by atoms with van der Waals surface area (Å²) in [6, 6.07) is 4.02. The molecule has 6 heteroatoms. The van der Waals surface area contributed by atoms with E-state index < -0.39 is 0 Å². The molecule has 0 saturated carbocycles. The van der Waals surface area contributed by atoms with Gasteiger partial charge >= 0.3 is 0 Å². The van der Waals surface area contributed by atoms with Crippen LogP contribution in [0.2, 0.25) is 0 Å². The van der Waals surface area contributed by atoms with Crippen LogP contribution < -0.4 is 20.1 Å². The number of methoxy groups -OCH3 is 2. The first-order valence-corrected chi connectivity index (χ1v) is 7.66. The smallest absolute Gasteiger partial charge is 0.255 e. The van der Waals surface area contributed by atoms with Crippen LogP contribution in [0.25, 0.3) is 0 Å². The highest BCUT2D eigenvalue weighted by molar-refractivity contribution is 14.1. The number of hydrogen-bond acceptors (Lipinski definition) is 4.